The van der Waals surface area contributed by atoms with E-state index in [1.165, 1.54) is 5.56 Å². The molecule has 3 rings (SSSR count). The molecule has 0 N–H and O–H groups in total. The fourth-order valence-electron chi connectivity index (χ4n) is 2.81. The lowest BCUT2D eigenvalue weighted by Crippen LogP contribution is -2.24. The summed E-state index contributed by atoms with van der Waals surface area (Å²) in [5, 5.41) is 0. The number of rotatable bonds is 4. The zero-order valence-corrected chi connectivity index (χ0v) is 13.0. The van der Waals surface area contributed by atoms with Crippen LogP contribution in [0, 0.1) is 6.92 Å². The van der Waals surface area contributed by atoms with E-state index in [1.54, 1.807) is 7.11 Å². The van der Waals surface area contributed by atoms with E-state index in [2.05, 4.69) is 19.1 Å². The number of likely N-dealkylation sites (tertiary alicyclic amines) is 1. The largest absolute Gasteiger partial charge is 0.494 e. The first kappa shape index (κ1) is 14.6. The number of pyridine rings is 1. The molecule has 1 aromatic heterocycles. The topological polar surface area (TPSA) is 42.4 Å². The normalized spacial score (nSPS) is 14.5. The Morgan fingerprint density at radius 3 is 2.82 bits per heavy atom. The number of ether oxygens (including phenoxy) is 1. The second-order valence-electron chi connectivity index (χ2n) is 5.64. The number of methoxy groups -OCH3 is 1. The van der Waals surface area contributed by atoms with Crippen LogP contribution in [0.2, 0.25) is 0 Å². The molecule has 0 spiro atoms. The Bertz CT molecular complexity index is 697. The zero-order valence-electron chi connectivity index (χ0n) is 13.0. The number of aryl methyl sites for hydroxylation is 1. The molecule has 22 heavy (non-hydrogen) atoms. The van der Waals surface area contributed by atoms with Gasteiger partial charge < -0.3 is 9.64 Å². The summed E-state index contributed by atoms with van der Waals surface area (Å²) in [5.41, 5.74) is 3.94. The Balaban J connectivity index is 1.94. The molecule has 0 saturated carbocycles. The van der Waals surface area contributed by atoms with E-state index in [1.807, 2.05) is 29.2 Å². The second kappa shape index (κ2) is 6.18. The number of aromatic nitrogens is 1. The lowest BCUT2D eigenvalue weighted by atomic mass is 10.1. The predicted octanol–water partition coefficient (Wildman–Crippen LogP) is 3.19. The highest BCUT2D eigenvalue weighted by Crippen LogP contribution is 2.29. The van der Waals surface area contributed by atoms with Crippen molar-refractivity contribution in [3.63, 3.8) is 0 Å². The third kappa shape index (κ3) is 2.96. The highest BCUT2D eigenvalue weighted by molar-refractivity contribution is 5.78. The van der Waals surface area contributed by atoms with Crippen molar-refractivity contribution in [2.24, 2.45) is 0 Å². The van der Waals surface area contributed by atoms with Gasteiger partial charge in [-0.15, -0.1) is 0 Å². The maximum absolute atomic E-state index is 11.8. The van der Waals surface area contributed by atoms with Gasteiger partial charge in [-0.2, -0.15) is 0 Å². The Morgan fingerprint density at radius 2 is 2.14 bits per heavy atom. The van der Waals surface area contributed by atoms with Crippen molar-refractivity contribution >= 4 is 5.91 Å². The molecule has 1 aliphatic rings. The first-order chi connectivity index (χ1) is 10.7. The van der Waals surface area contributed by atoms with Crippen LogP contribution in [0.3, 0.4) is 0 Å². The van der Waals surface area contributed by atoms with E-state index in [0.29, 0.717) is 13.0 Å². The molecule has 1 aromatic carbocycles. The van der Waals surface area contributed by atoms with Crippen LogP contribution in [0.25, 0.3) is 11.3 Å². The minimum atomic E-state index is 0.217. The van der Waals surface area contributed by atoms with Gasteiger partial charge >= 0.3 is 0 Å². The molecule has 0 bridgehead atoms. The lowest BCUT2D eigenvalue weighted by Gasteiger charge is -2.16. The number of carbonyl (C=O) groups is 1. The predicted molar refractivity (Wildman–Crippen MR) is 85.6 cm³/mol. The molecule has 1 saturated heterocycles. The Labute approximate surface area is 130 Å². The fourth-order valence-corrected chi connectivity index (χ4v) is 2.81. The maximum atomic E-state index is 11.8. The third-order valence-electron chi connectivity index (χ3n) is 3.95. The average molecular weight is 296 g/mol. The second-order valence-corrected chi connectivity index (χ2v) is 5.64. The first-order valence-corrected chi connectivity index (χ1v) is 7.56. The Hall–Kier alpha value is -2.36. The maximum Gasteiger partial charge on any atom is 0.222 e. The Morgan fingerprint density at radius 1 is 1.27 bits per heavy atom. The summed E-state index contributed by atoms with van der Waals surface area (Å²) in [4.78, 5) is 18.4. The van der Waals surface area contributed by atoms with Crippen molar-refractivity contribution in [1.29, 1.82) is 0 Å². The summed E-state index contributed by atoms with van der Waals surface area (Å²) in [6, 6.07) is 12.1. The van der Waals surface area contributed by atoms with Gasteiger partial charge in [0, 0.05) is 18.5 Å². The van der Waals surface area contributed by atoms with E-state index >= 15 is 0 Å². The summed E-state index contributed by atoms with van der Waals surface area (Å²) < 4.78 is 5.44. The van der Waals surface area contributed by atoms with Gasteiger partial charge in [-0.1, -0.05) is 23.8 Å². The van der Waals surface area contributed by atoms with Crippen molar-refractivity contribution in [1.82, 2.24) is 9.88 Å². The van der Waals surface area contributed by atoms with E-state index in [4.69, 9.17) is 9.72 Å². The first-order valence-electron chi connectivity index (χ1n) is 7.56. The molecule has 0 atom stereocenters. The molecule has 1 aliphatic heterocycles. The van der Waals surface area contributed by atoms with Crippen molar-refractivity contribution in [2.45, 2.75) is 26.3 Å². The molecular weight excluding hydrogens is 276 g/mol. The van der Waals surface area contributed by atoms with Crippen LogP contribution in [0.4, 0.5) is 0 Å². The van der Waals surface area contributed by atoms with Crippen LogP contribution in [-0.4, -0.2) is 29.4 Å². The summed E-state index contributed by atoms with van der Waals surface area (Å²) >= 11 is 0. The van der Waals surface area contributed by atoms with Crippen LogP contribution >= 0.6 is 0 Å². The minimum Gasteiger partial charge on any atom is -0.494 e. The van der Waals surface area contributed by atoms with Gasteiger partial charge in [-0.25, -0.2) is 4.98 Å². The van der Waals surface area contributed by atoms with Crippen molar-refractivity contribution < 1.29 is 9.53 Å². The molecule has 1 amide bonds. The zero-order chi connectivity index (χ0) is 15.5. The highest BCUT2D eigenvalue weighted by atomic mass is 16.5. The highest BCUT2D eigenvalue weighted by Gasteiger charge is 2.21. The summed E-state index contributed by atoms with van der Waals surface area (Å²) in [6.45, 7) is 3.46. The molecular formula is C18H20N2O2. The summed E-state index contributed by atoms with van der Waals surface area (Å²) in [5.74, 6) is 0.969. The van der Waals surface area contributed by atoms with E-state index in [0.717, 1.165) is 35.7 Å². The average Bonchev–Trinajstić information content (AvgIpc) is 2.92. The Kier molecular flexibility index (Phi) is 4.09. The molecule has 4 nitrogen and oxygen atoms in total. The van der Waals surface area contributed by atoms with Gasteiger partial charge in [0.1, 0.15) is 11.4 Å². The lowest BCUT2D eigenvalue weighted by molar-refractivity contribution is -0.128. The molecule has 0 radical (unpaired) electrons. The number of hydrogen-bond acceptors (Lipinski definition) is 3. The van der Waals surface area contributed by atoms with Crippen LogP contribution in [0.1, 0.15) is 24.1 Å². The van der Waals surface area contributed by atoms with Crippen LogP contribution < -0.4 is 4.74 Å². The van der Waals surface area contributed by atoms with Crippen molar-refractivity contribution in [3.8, 4) is 17.0 Å². The van der Waals surface area contributed by atoms with Crippen molar-refractivity contribution in [2.75, 3.05) is 13.7 Å². The SMILES string of the molecule is COc1ccc(CN2CCCC2=O)nc1-c1cccc(C)c1. The summed E-state index contributed by atoms with van der Waals surface area (Å²) in [7, 11) is 1.65. The fraction of sp³-hybridized carbons (Fsp3) is 0.333. The van der Waals surface area contributed by atoms with E-state index < -0.39 is 0 Å². The molecule has 0 unspecified atom stereocenters. The van der Waals surface area contributed by atoms with Gasteiger partial charge in [0.2, 0.25) is 5.91 Å². The van der Waals surface area contributed by atoms with Crippen LogP contribution in [0.5, 0.6) is 5.75 Å². The van der Waals surface area contributed by atoms with Crippen LogP contribution in [0.15, 0.2) is 36.4 Å². The standard InChI is InChI=1S/C18H20N2O2/c1-13-5-3-6-14(11-13)18-16(22-2)9-8-15(19-18)12-20-10-4-7-17(20)21/h3,5-6,8-9,11H,4,7,10,12H2,1-2H3. The number of benzene rings is 1. The van der Waals surface area contributed by atoms with Crippen LogP contribution in [-0.2, 0) is 11.3 Å². The molecule has 0 aliphatic carbocycles. The number of hydrogen-bond donors (Lipinski definition) is 0. The van der Waals surface area contributed by atoms with Gasteiger partial charge in [-0.3, -0.25) is 4.79 Å². The molecule has 1 fully saturated rings. The van der Waals surface area contributed by atoms with E-state index in [-0.39, 0.29) is 5.91 Å². The smallest absolute Gasteiger partial charge is 0.222 e. The van der Waals surface area contributed by atoms with E-state index in [9.17, 15) is 4.79 Å². The monoisotopic (exact) mass is 296 g/mol. The molecule has 4 heteroatoms. The van der Waals surface area contributed by atoms with Gasteiger partial charge in [0.05, 0.1) is 19.3 Å². The van der Waals surface area contributed by atoms with Gasteiger partial charge in [0.25, 0.3) is 0 Å². The number of amides is 1. The number of nitrogens with zero attached hydrogens (tertiary/aromatic N) is 2. The van der Waals surface area contributed by atoms with Gasteiger partial charge in [-0.05, 0) is 31.5 Å². The quantitative estimate of drug-likeness (QED) is 0.870. The molecule has 2 aromatic rings. The third-order valence-corrected chi connectivity index (χ3v) is 3.95. The molecule has 2 heterocycles. The molecule has 114 valence electrons. The van der Waals surface area contributed by atoms with Gasteiger partial charge in [0.15, 0.2) is 0 Å². The summed E-state index contributed by atoms with van der Waals surface area (Å²) in [6.07, 6.45) is 1.60. The van der Waals surface area contributed by atoms with Crippen molar-refractivity contribution in [3.05, 3.63) is 47.7 Å². The minimum absolute atomic E-state index is 0.217. The number of carbonyl (C=O) groups excluding carboxylic acids is 1.